The van der Waals surface area contributed by atoms with Crippen molar-refractivity contribution in [2.75, 3.05) is 13.2 Å². The van der Waals surface area contributed by atoms with Crippen molar-refractivity contribution in [3.8, 4) is 0 Å². The fourth-order valence-electron chi connectivity index (χ4n) is 2.83. The molecule has 0 aromatic carbocycles. The molecular formula is C17H19N3O3. The maximum Gasteiger partial charge on any atom is 0.254 e. The molecule has 1 amide bonds. The van der Waals surface area contributed by atoms with Gasteiger partial charge < -0.3 is 14.2 Å². The second-order valence-corrected chi connectivity index (χ2v) is 6.20. The second-order valence-electron chi connectivity index (χ2n) is 6.20. The Morgan fingerprint density at radius 3 is 2.96 bits per heavy atom. The van der Waals surface area contributed by atoms with Gasteiger partial charge in [0.05, 0.1) is 13.2 Å². The lowest BCUT2D eigenvalue weighted by molar-refractivity contribution is 0.0725. The van der Waals surface area contributed by atoms with Crippen LogP contribution in [0.5, 0.6) is 0 Å². The fourth-order valence-corrected chi connectivity index (χ4v) is 2.83. The molecule has 3 heterocycles. The van der Waals surface area contributed by atoms with Crippen molar-refractivity contribution in [2.45, 2.75) is 32.4 Å². The molecular weight excluding hydrogens is 294 g/mol. The minimum atomic E-state index is 0.0177. The van der Waals surface area contributed by atoms with Crippen LogP contribution in [0.25, 0.3) is 0 Å². The predicted octanol–water partition coefficient (Wildman–Crippen LogP) is 2.19. The number of nitrogens with zero attached hydrogens (tertiary/aromatic N) is 3. The molecule has 0 bridgehead atoms. The number of hydrogen-bond donors (Lipinski definition) is 0. The lowest BCUT2D eigenvalue weighted by Gasteiger charge is -2.26. The quantitative estimate of drug-likeness (QED) is 0.846. The normalized spacial score (nSPS) is 17.1. The Labute approximate surface area is 134 Å². The molecule has 2 aromatic heterocycles. The molecule has 1 fully saturated rings. The van der Waals surface area contributed by atoms with E-state index in [9.17, 15) is 4.79 Å². The predicted molar refractivity (Wildman–Crippen MR) is 81.6 cm³/mol. The van der Waals surface area contributed by atoms with Gasteiger partial charge in [-0.1, -0.05) is 5.16 Å². The molecule has 2 aromatic rings. The molecule has 1 aliphatic heterocycles. The van der Waals surface area contributed by atoms with Crippen LogP contribution in [0.3, 0.4) is 0 Å². The third kappa shape index (κ3) is 3.12. The molecule has 0 N–H and O–H groups in total. The molecule has 0 spiro atoms. The van der Waals surface area contributed by atoms with Gasteiger partial charge in [-0.05, 0) is 30.9 Å². The minimum Gasteiger partial charge on any atom is -0.375 e. The van der Waals surface area contributed by atoms with Crippen molar-refractivity contribution in [3.05, 3.63) is 47.1 Å². The van der Waals surface area contributed by atoms with Crippen LogP contribution in [0.2, 0.25) is 0 Å². The summed E-state index contributed by atoms with van der Waals surface area (Å²) in [7, 11) is 0. The van der Waals surface area contributed by atoms with Crippen LogP contribution >= 0.6 is 0 Å². The Kier molecular flexibility index (Phi) is 3.83. The molecule has 0 saturated heterocycles. The zero-order chi connectivity index (χ0) is 15.6. The van der Waals surface area contributed by atoms with Gasteiger partial charge in [-0.25, -0.2) is 0 Å². The largest absolute Gasteiger partial charge is 0.375 e. The van der Waals surface area contributed by atoms with E-state index in [1.165, 1.54) is 12.8 Å². The summed E-state index contributed by atoms with van der Waals surface area (Å²) < 4.78 is 11.1. The molecule has 4 rings (SSSR count). The van der Waals surface area contributed by atoms with Crippen LogP contribution in [0.4, 0.5) is 0 Å². The number of ether oxygens (including phenoxy) is 1. The van der Waals surface area contributed by atoms with Crippen molar-refractivity contribution >= 4 is 5.91 Å². The van der Waals surface area contributed by atoms with E-state index in [2.05, 4.69) is 10.1 Å². The Morgan fingerprint density at radius 2 is 2.17 bits per heavy atom. The first-order valence-corrected chi connectivity index (χ1v) is 8.04. The molecule has 6 heteroatoms. The minimum absolute atomic E-state index is 0.0177. The number of aromatic nitrogens is 2. The van der Waals surface area contributed by atoms with Gasteiger partial charge in [0.1, 0.15) is 11.5 Å². The average molecular weight is 313 g/mol. The van der Waals surface area contributed by atoms with Crippen molar-refractivity contribution in [1.82, 2.24) is 15.0 Å². The van der Waals surface area contributed by atoms with Gasteiger partial charge in [0.2, 0.25) is 0 Å². The standard InChI is InChI=1S/C17H19N3O3/c21-17(13-3-6-18-7-4-13)20-8-5-16-14(9-20)15(19-23-16)11-22-10-12-1-2-12/h3-4,6-7,12H,1-2,5,8-11H2. The summed E-state index contributed by atoms with van der Waals surface area (Å²) in [6, 6.07) is 3.48. The molecule has 120 valence electrons. The smallest absolute Gasteiger partial charge is 0.254 e. The number of amides is 1. The number of carbonyl (C=O) groups is 1. The van der Waals surface area contributed by atoms with Gasteiger partial charge in [-0.3, -0.25) is 9.78 Å². The van der Waals surface area contributed by atoms with Gasteiger partial charge in [0.15, 0.2) is 0 Å². The molecule has 0 radical (unpaired) electrons. The van der Waals surface area contributed by atoms with E-state index in [0.717, 1.165) is 29.5 Å². The lowest BCUT2D eigenvalue weighted by atomic mass is 10.1. The summed E-state index contributed by atoms with van der Waals surface area (Å²) in [6.07, 6.45) is 6.51. The molecule has 1 saturated carbocycles. The Balaban J connectivity index is 1.45. The summed E-state index contributed by atoms with van der Waals surface area (Å²) in [5.74, 6) is 1.63. The molecule has 2 aliphatic rings. The summed E-state index contributed by atoms with van der Waals surface area (Å²) in [6.45, 7) is 2.43. The van der Waals surface area contributed by atoms with E-state index >= 15 is 0 Å². The average Bonchev–Trinajstić information content (AvgIpc) is 3.34. The highest BCUT2D eigenvalue weighted by Crippen LogP contribution is 2.30. The summed E-state index contributed by atoms with van der Waals surface area (Å²) in [5.41, 5.74) is 2.49. The van der Waals surface area contributed by atoms with E-state index in [0.29, 0.717) is 31.7 Å². The van der Waals surface area contributed by atoms with E-state index in [-0.39, 0.29) is 5.91 Å². The van der Waals surface area contributed by atoms with Crippen molar-refractivity contribution in [2.24, 2.45) is 5.92 Å². The van der Waals surface area contributed by atoms with Crippen LogP contribution in [0.1, 0.15) is 40.2 Å². The highest BCUT2D eigenvalue weighted by Gasteiger charge is 2.28. The Morgan fingerprint density at radius 1 is 1.35 bits per heavy atom. The molecule has 0 atom stereocenters. The first kappa shape index (κ1) is 14.4. The fraction of sp³-hybridized carbons (Fsp3) is 0.471. The van der Waals surface area contributed by atoms with Gasteiger partial charge in [0, 0.05) is 43.1 Å². The first-order chi connectivity index (χ1) is 11.3. The zero-order valence-electron chi connectivity index (χ0n) is 12.9. The van der Waals surface area contributed by atoms with Crippen LogP contribution in [0.15, 0.2) is 29.0 Å². The first-order valence-electron chi connectivity index (χ1n) is 8.04. The second kappa shape index (κ2) is 6.12. The number of carbonyl (C=O) groups excluding carboxylic acids is 1. The number of rotatable bonds is 5. The van der Waals surface area contributed by atoms with E-state index in [1.54, 1.807) is 24.5 Å². The molecule has 23 heavy (non-hydrogen) atoms. The highest BCUT2D eigenvalue weighted by atomic mass is 16.5. The van der Waals surface area contributed by atoms with E-state index in [1.807, 2.05) is 4.90 Å². The maximum absolute atomic E-state index is 12.6. The topological polar surface area (TPSA) is 68.5 Å². The molecule has 1 aliphatic carbocycles. The molecule has 6 nitrogen and oxygen atoms in total. The third-order valence-corrected chi connectivity index (χ3v) is 4.41. The third-order valence-electron chi connectivity index (χ3n) is 4.41. The SMILES string of the molecule is O=C(c1ccncc1)N1CCc2onc(COCC3CC3)c2C1. The molecule has 0 unspecified atom stereocenters. The maximum atomic E-state index is 12.6. The number of fused-ring (bicyclic) bond motifs is 1. The lowest BCUT2D eigenvalue weighted by Crippen LogP contribution is -2.35. The van der Waals surface area contributed by atoms with Crippen molar-refractivity contribution < 1.29 is 14.1 Å². The van der Waals surface area contributed by atoms with Crippen molar-refractivity contribution in [3.63, 3.8) is 0 Å². The number of hydrogen-bond acceptors (Lipinski definition) is 5. The van der Waals surface area contributed by atoms with Crippen LogP contribution in [-0.2, 0) is 24.3 Å². The van der Waals surface area contributed by atoms with Gasteiger partial charge in [0.25, 0.3) is 5.91 Å². The van der Waals surface area contributed by atoms with Crippen molar-refractivity contribution in [1.29, 1.82) is 0 Å². The van der Waals surface area contributed by atoms with Crippen LogP contribution < -0.4 is 0 Å². The highest BCUT2D eigenvalue weighted by molar-refractivity contribution is 5.94. The van der Waals surface area contributed by atoms with Crippen LogP contribution in [0, 0.1) is 5.92 Å². The van der Waals surface area contributed by atoms with E-state index < -0.39 is 0 Å². The monoisotopic (exact) mass is 313 g/mol. The Hall–Kier alpha value is -2.21. The zero-order valence-corrected chi connectivity index (χ0v) is 12.9. The van der Waals surface area contributed by atoms with Gasteiger partial charge in [-0.2, -0.15) is 0 Å². The summed E-state index contributed by atoms with van der Waals surface area (Å²) in [4.78, 5) is 18.4. The van der Waals surface area contributed by atoms with Gasteiger partial charge >= 0.3 is 0 Å². The van der Waals surface area contributed by atoms with E-state index in [4.69, 9.17) is 9.26 Å². The van der Waals surface area contributed by atoms with Crippen LogP contribution in [-0.4, -0.2) is 34.1 Å². The summed E-state index contributed by atoms with van der Waals surface area (Å²) >= 11 is 0. The van der Waals surface area contributed by atoms with Gasteiger partial charge in [-0.15, -0.1) is 0 Å². The Bertz CT molecular complexity index is 694. The summed E-state index contributed by atoms with van der Waals surface area (Å²) in [5, 5.41) is 4.13. The number of pyridine rings is 1.